The van der Waals surface area contributed by atoms with Crippen molar-refractivity contribution >= 4 is 16.7 Å². The Morgan fingerprint density at radius 2 is 1.86 bits per heavy atom. The van der Waals surface area contributed by atoms with Gasteiger partial charge in [0.1, 0.15) is 13.2 Å². The van der Waals surface area contributed by atoms with Crippen molar-refractivity contribution in [3.05, 3.63) is 64.1 Å². The van der Waals surface area contributed by atoms with Crippen molar-refractivity contribution in [2.24, 2.45) is 0 Å². The number of nitrogens with one attached hydrogen (secondary N) is 1. The number of benzene rings is 2. The number of ether oxygens (including phenoxy) is 2. The van der Waals surface area contributed by atoms with Crippen molar-refractivity contribution in [2.75, 3.05) is 19.8 Å². The molecule has 1 N–H and O–H groups in total. The van der Waals surface area contributed by atoms with E-state index in [1.807, 2.05) is 37.3 Å². The second-order valence-corrected chi connectivity index (χ2v) is 6.61. The number of carbonyl (C=O) groups excluding carboxylic acids is 1. The number of rotatable bonds is 5. The summed E-state index contributed by atoms with van der Waals surface area (Å²) in [6.07, 6.45) is 0.121. The lowest BCUT2D eigenvalue weighted by Gasteiger charge is -2.23. The normalized spacial score (nSPS) is 12.8. The molecule has 28 heavy (non-hydrogen) atoms. The molecule has 0 spiro atoms. The third-order valence-electron chi connectivity index (χ3n) is 4.81. The van der Waals surface area contributed by atoms with E-state index in [0.717, 1.165) is 11.3 Å². The first-order valence-electron chi connectivity index (χ1n) is 9.28. The molecule has 3 aromatic rings. The first-order chi connectivity index (χ1) is 13.7. The van der Waals surface area contributed by atoms with E-state index in [1.54, 1.807) is 17.0 Å². The second-order valence-electron chi connectivity index (χ2n) is 6.61. The predicted octanol–water partition coefficient (Wildman–Crippen LogP) is 2.29. The lowest BCUT2D eigenvalue weighted by molar-refractivity contribution is -0.130. The second kappa shape index (κ2) is 7.72. The van der Waals surface area contributed by atoms with Crippen LogP contribution in [0.5, 0.6) is 11.5 Å². The van der Waals surface area contributed by atoms with Crippen LogP contribution in [-0.4, -0.2) is 40.8 Å². The molecule has 2 heterocycles. The molecular formula is C21H21N3O4. The van der Waals surface area contributed by atoms with Gasteiger partial charge in [0.15, 0.2) is 11.5 Å². The zero-order valence-electron chi connectivity index (χ0n) is 15.6. The molecule has 2 aromatic carbocycles. The highest BCUT2D eigenvalue weighted by molar-refractivity contribution is 5.88. The number of hydrogen-bond acceptors (Lipinski definition) is 5. The Hall–Kier alpha value is -3.35. The lowest BCUT2D eigenvalue weighted by atomic mass is 10.1. The zero-order valence-corrected chi connectivity index (χ0v) is 15.6. The van der Waals surface area contributed by atoms with Crippen LogP contribution in [-0.2, 0) is 17.8 Å². The van der Waals surface area contributed by atoms with Crippen LogP contribution in [0, 0.1) is 0 Å². The van der Waals surface area contributed by atoms with Crippen molar-refractivity contribution in [1.82, 2.24) is 15.1 Å². The highest BCUT2D eigenvalue weighted by atomic mass is 16.6. The van der Waals surface area contributed by atoms with Gasteiger partial charge in [-0.2, -0.15) is 5.10 Å². The van der Waals surface area contributed by atoms with Gasteiger partial charge in [0.25, 0.3) is 5.56 Å². The molecule has 0 radical (unpaired) electrons. The van der Waals surface area contributed by atoms with E-state index < -0.39 is 0 Å². The van der Waals surface area contributed by atoms with Gasteiger partial charge in [-0.25, -0.2) is 5.10 Å². The largest absolute Gasteiger partial charge is 0.486 e. The summed E-state index contributed by atoms with van der Waals surface area (Å²) < 4.78 is 11.2. The summed E-state index contributed by atoms with van der Waals surface area (Å²) in [5, 5.41) is 7.83. The van der Waals surface area contributed by atoms with Crippen LogP contribution in [0.2, 0.25) is 0 Å². The minimum absolute atomic E-state index is 0.0536. The van der Waals surface area contributed by atoms with Crippen LogP contribution >= 0.6 is 0 Å². The van der Waals surface area contributed by atoms with Crippen LogP contribution < -0.4 is 15.0 Å². The molecule has 0 saturated carbocycles. The Bertz CT molecular complexity index is 1080. The summed E-state index contributed by atoms with van der Waals surface area (Å²) in [5.74, 6) is 1.39. The first kappa shape index (κ1) is 18.0. The van der Waals surface area contributed by atoms with Crippen LogP contribution in [0.25, 0.3) is 10.8 Å². The topological polar surface area (TPSA) is 84.5 Å². The number of likely N-dealkylation sites (N-methyl/N-ethyl adjacent to an activating group) is 1. The van der Waals surface area contributed by atoms with Gasteiger partial charge in [-0.05, 0) is 30.7 Å². The SMILES string of the molecule is CCN(Cc1ccc2c(c1)OCCO2)C(=O)Cc1n[nH]c(=O)c2ccccc12. The minimum Gasteiger partial charge on any atom is -0.486 e. The molecule has 4 rings (SSSR count). The average molecular weight is 379 g/mol. The summed E-state index contributed by atoms with van der Waals surface area (Å²) in [6, 6.07) is 12.9. The maximum Gasteiger partial charge on any atom is 0.272 e. The van der Waals surface area contributed by atoms with Crippen molar-refractivity contribution in [1.29, 1.82) is 0 Å². The Morgan fingerprint density at radius 3 is 2.64 bits per heavy atom. The van der Waals surface area contributed by atoms with E-state index in [4.69, 9.17) is 9.47 Å². The van der Waals surface area contributed by atoms with Crippen LogP contribution in [0.1, 0.15) is 18.2 Å². The molecule has 0 saturated heterocycles. The Morgan fingerprint density at radius 1 is 1.11 bits per heavy atom. The third kappa shape index (κ3) is 3.55. The molecule has 0 atom stereocenters. The fraction of sp³-hybridized carbons (Fsp3) is 0.286. The standard InChI is InChI=1S/C21H21N3O4/c1-2-24(13-14-7-8-18-19(11-14)28-10-9-27-18)20(25)12-17-15-5-3-4-6-16(15)21(26)23-22-17/h3-8,11H,2,9-10,12-13H2,1H3,(H,23,26). The summed E-state index contributed by atoms with van der Waals surface area (Å²) in [5.41, 5.74) is 1.29. The van der Waals surface area contributed by atoms with Crippen molar-refractivity contribution in [3.8, 4) is 11.5 Å². The summed E-state index contributed by atoms with van der Waals surface area (Å²) in [7, 11) is 0. The van der Waals surface area contributed by atoms with Crippen LogP contribution in [0.15, 0.2) is 47.3 Å². The van der Waals surface area contributed by atoms with Crippen molar-refractivity contribution < 1.29 is 14.3 Å². The fourth-order valence-corrected chi connectivity index (χ4v) is 3.34. The van der Waals surface area contributed by atoms with Gasteiger partial charge in [-0.1, -0.05) is 24.3 Å². The number of amides is 1. The van der Waals surface area contributed by atoms with Gasteiger partial charge in [0.2, 0.25) is 5.91 Å². The number of nitrogens with zero attached hydrogens (tertiary/aromatic N) is 2. The highest BCUT2D eigenvalue weighted by Gasteiger charge is 2.18. The van der Waals surface area contributed by atoms with E-state index >= 15 is 0 Å². The maximum atomic E-state index is 12.9. The molecule has 1 aliphatic rings. The van der Waals surface area contributed by atoms with E-state index in [1.165, 1.54) is 0 Å². The summed E-state index contributed by atoms with van der Waals surface area (Å²) in [4.78, 5) is 26.6. The van der Waals surface area contributed by atoms with Gasteiger partial charge < -0.3 is 14.4 Å². The number of carbonyl (C=O) groups is 1. The van der Waals surface area contributed by atoms with Crippen molar-refractivity contribution in [3.63, 3.8) is 0 Å². The number of aromatic amines is 1. The monoisotopic (exact) mass is 379 g/mol. The van der Waals surface area contributed by atoms with Crippen LogP contribution in [0.4, 0.5) is 0 Å². The molecular weight excluding hydrogens is 358 g/mol. The minimum atomic E-state index is -0.254. The number of fused-ring (bicyclic) bond motifs is 2. The van der Waals surface area contributed by atoms with Gasteiger partial charge in [0, 0.05) is 18.5 Å². The summed E-state index contributed by atoms with van der Waals surface area (Å²) >= 11 is 0. The van der Waals surface area contributed by atoms with Crippen molar-refractivity contribution in [2.45, 2.75) is 19.9 Å². The van der Waals surface area contributed by atoms with E-state index in [2.05, 4.69) is 10.2 Å². The molecule has 1 aromatic heterocycles. The molecule has 0 unspecified atom stereocenters. The Labute approximate surface area is 161 Å². The van der Waals surface area contributed by atoms with E-state index in [9.17, 15) is 9.59 Å². The summed E-state index contributed by atoms with van der Waals surface area (Å²) in [6.45, 7) is 4.04. The maximum absolute atomic E-state index is 12.9. The number of H-pyrrole nitrogens is 1. The third-order valence-corrected chi connectivity index (χ3v) is 4.81. The van der Waals surface area contributed by atoms with Crippen LogP contribution in [0.3, 0.4) is 0 Å². The molecule has 0 aliphatic carbocycles. The lowest BCUT2D eigenvalue weighted by Crippen LogP contribution is -2.32. The average Bonchev–Trinajstić information content (AvgIpc) is 2.74. The zero-order chi connectivity index (χ0) is 19.5. The molecule has 144 valence electrons. The molecule has 1 amide bonds. The van der Waals surface area contributed by atoms with Gasteiger partial charge in [-0.3, -0.25) is 9.59 Å². The molecule has 0 fully saturated rings. The fourth-order valence-electron chi connectivity index (χ4n) is 3.34. The Balaban J connectivity index is 1.54. The smallest absolute Gasteiger partial charge is 0.272 e. The van der Waals surface area contributed by atoms with E-state index in [-0.39, 0.29) is 17.9 Å². The van der Waals surface area contributed by atoms with Gasteiger partial charge in [0.05, 0.1) is 17.5 Å². The molecule has 0 bridgehead atoms. The number of aromatic nitrogens is 2. The highest BCUT2D eigenvalue weighted by Crippen LogP contribution is 2.31. The van der Waals surface area contributed by atoms with Gasteiger partial charge in [-0.15, -0.1) is 0 Å². The Kier molecular flexibility index (Phi) is 4.97. The molecule has 7 nitrogen and oxygen atoms in total. The quantitative estimate of drug-likeness (QED) is 0.735. The van der Waals surface area contributed by atoms with Gasteiger partial charge >= 0.3 is 0 Å². The predicted molar refractivity (Wildman–Crippen MR) is 105 cm³/mol. The van der Waals surface area contributed by atoms with E-state index in [0.29, 0.717) is 48.5 Å². The molecule has 1 aliphatic heterocycles. The first-order valence-corrected chi connectivity index (χ1v) is 9.28. The molecule has 7 heteroatoms. The number of hydrogen-bond donors (Lipinski definition) is 1.